The summed E-state index contributed by atoms with van der Waals surface area (Å²) in [5.41, 5.74) is 0. The van der Waals surface area contributed by atoms with Gasteiger partial charge in [0.05, 0.1) is 6.54 Å². The highest BCUT2D eigenvalue weighted by molar-refractivity contribution is 5.78. The number of amides is 1. The fraction of sp³-hybridized carbons (Fsp3) is 0.917. The first-order valence-electron chi connectivity index (χ1n) is 6.68. The number of likely N-dealkylation sites (N-methyl/N-ethyl adjacent to an activating group) is 1. The van der Waals surface area contributed by atoms with Gasteiger partial charge in [-0.15, -0.1) is 0 Å². The van der Waals surface area contributed by atoms with Crippen molar-refractivity contribution in [3.05, 3.63) is 0 Å². The van der Waals surface area contributed by atoms with Gasteiger partial charge in [-0.3, -0.25) is 9.69 Å². The van der Waals surface area contributed by atoms with Crippen molar-refractivity contribution in [3.8, 4) is 0 Å². The van der Waals surface area contributed by atoms with Crippen molar-refractivity contribution in [2.24, 2.45) is 5.92 Å². The number of likely N-dealkylation sites (tertiary alicyclic amines) is 1. The smallest absolute Gasteiger partial charge is 0.383 e. The van der Waals surface area contributed by atoms with E-state index in [1.54, 1.807) is 0 Å². The molecule has 0 radical (unpaired) electrons. The second-order valence-electron chi connectivity index (χ2n) is 5.47. The lowest BCUT2D eigenvalue weighted by molar-refractivity contribution is -0.223. The van der Waals surface area contributed by atoms with Crippen molar-refractivity contribution in [2.45, 2.75) is 31.3 Å². The van der Waals surface area contributed by atoms with Gasteiger partial charge in [-0.2, -0.15) is 26.3 Å². The minimum absolute atomic E-state index is 0.0386. The molecule has 10 heteroatoms. The van der Waals surface area contributed by atoms with Crippen LogP contribution in [0.25, 0.3) is 0 Å². The molecular weight excluding hydrogens is 318 g/mol. The van der Waals surface area contributed by atoms with Crippen LogP contribution in [0.2, 0.25) is 0 Å². The predicted octanol–water partition coefficient (Wildman–Crippen LogP) is 1.64. The van der Waals surface area contributed by atoms with Crippen molar-refractivity contribution < 1.29 is 36.2 Å². The maximum Gasteiger partial charge on any atom is 0.414 e. The number of carbonyl (C=O) groups is 1. The van der Waals surface area contributed by atoms with Gasteiger partial charge >= 0.3 is 12.4 Å². The Bertz CT molecular complexity index is 377. The number of halogens is 6. The van der Waals surface area contributed by atoms with E-state index in [2.05, 4.69) is 0 Å². The summed E-state index contributed by atoms with van der Waals surface area (Å²) >= 11 is 0. The fourth-order valence-corrected chi connectivity index (χ4v) is 2.36. The van der Waals surface area contributed by atoms with Crippen molar-refractivity contribution in [2.75, 3.05) is 33.2 Å². The Labute approximate surface area is 123 Å². The molecule has 4 nitrogen and oxygen atoms in total. The van der Waals surface area contributed by atoms with Crippen LogP contribution in [0.1, 0.15) is 12.8 Å². The highest BCUT2D eigenvalue weighted by atomic mass is 19.4. The zero-order chi connectivity index (χ0) is 17.1. The van der Waals surface area contributed by atoms with Gasteiger partial charge in [0, 0.05) is 7.05 Å². The number of piperidine rings is 1. The van der Waals surface area contributed by atoms with E-state index in [0.717, 1.165) is 7.05 Å². The Morgan fingerprint density at radius 2 is 1.73 bits per heavy atom. The summed E-state index contributed by atoms with van der Waals surface area (Å²) in [6, 6.07) is 0. The standard InChI is InChI=1S/C12H18F6N2O2/c1-19(7-11(13,14)15)9(21)6-20-4-2-8(3-5-20)10(22)12(16,17)18/h8,10,22H,2-7H2,1H3. The Balaban J connectivity index is 2.41. The van der Waals surface area contributed by atoms with Gasteiger partial charge < -0.3 is 10.0 Å². The number of nitrogens with zero attached hydrogens (tertiary/aromatic N) is 2. The van der Waals surface area contributed by atoms with Crippen LogP contribution in [0.4, 0.5) is 26.3 Å². The fourth-order valence-electron chi connectivity index (χ4n) is 2.36. The molecule has 1 atom stereocenters. The molecule has 0 aliphatic carbocycles. The lowest BCUT2D eigenvalue weighted by Gasteiger charge is -2.35. The molecule has 1 heterocycles. The number of hydrogen-bond acceptors (Lipinski definition) is 3. The lowest BCUT2D eigenvalue weighted by Crippen LogP contribution is -2.47. The number of alkyl halides is 6. The third-order valence-corrected chi connectivity index (χ3v) is 3.62. The molecule has 130 valence electrons. The Hall–Kier alpha value is -1.03. The molecule has 1 saturated heterocycles. The third-order valence-electron chi connectivity index (χ3n) is 3.62. The minimum Gasteiger partial charge on any atom is -0.383 e. The van der Waals surface area contributed by atoms with Gasteiger partial charge in [-0.25, -0.2) is 0 Å². The molecule has 1 unspecified atom stereocenters. The first-order chi connectivity index (χ1) is 9.90. The number of carbonyl (C=O) groups excluding carboxylic acids is 1. The molecule has 0 aromatic heterocycles. The zero-order valence-electron chi connectivity index (χ0n) is 11.9. The van der Waals surface area contributed by atoms with Crippen LogP contribution >= 0.6 is 0 Å². The first kappa shape index (κ1) is 19.0. The molecule has 22 heavy (non-hydrogen) atoms. The SMILES string of the molecule is CN(CC(F)(F)F)C(=O)CN1CCC(C(O)C(F)(F)F)CC1. The number of hydrogen-bond donors (Lipinski definition) is 1. The number of rotatable bonds is 4. The second-order valence-corrected chi connectivity index (χ2v) is 5.47. The predicted molar refractivity (Wildman–Crippen MR) is 64.9 cm³/mol. The molecule has 1 fully saturated rings. The molecule has 0 bridgehead atoms. The Morgan fingerprint density at radius 1 is 1.23 bits per heavy atom. The average molecular weight is 336 g/mol. The highest BCUT2D eigenvalue weighted by Crippen LogP contribution is 2.31. The van der Waals surface area contributed by atoms with E-state index in [1.165, 1.54) is 4.90 Å². The minimum atomic E-state index is -4.68. The molecule has 1 aliphatic rings. The summed E-state index contributed by atoms with van der Waals surface area (Å²) in [6.07, 6.45) is -11.5. The van der Waals surface area contributed by atoms with Crippen LogP contribution in [0.3, 0.4) is 0 Å². The third kappa shape index (κ3) is 5.99. The van der Waals surface area contributed by atoms with E-state index < -0.39 is 36.8 Å². The normalized spacial score (nSPS) is 20.0. The molecule has 0 aromatic carbocycles. The number of aliphatic hydroxyl groups is 1. The van der Waals surface area contributed by atoms with Crippen molar-refractivity contribution in [1.82, 2.24) is 9.80 Å². The summed E-state index contributed by atoms with van der Waals surface area (Å²) in [6.45, 7) is -1.39. The summed E-state index contributed by atoms with van der Waals surface area (Å²) in [5, 5.41) is 9.15. The quantitative estimate of drug-likeness (QED) is 0.794. The van der Waals surface area contributed by atoms with Crippen LogP contribution in [0.5, 0.6) is 0 Å². The van der Waals surface area contributed by atoms with Crippen molar-refractivity contribution >= 4 is 5.91 Å². The van der Waals surface area contributed by atoms with Crippen LogP contribution in [-0.2, 0) is 4.79 Å². The largest absolute Gasteiger partial charge is 0.414 e. The van der Waals surface area contributed by atoms with E-state index in [4.69, 9.17) is 5.11 Å². The van der Waals surface area contributed by atoms with Gasteiger partial charge in [0.15, 0.2) is 6.10 Å². The molecule has 1 aliphatic heterocycles. The van der Waals surface area contributed by atoms with Crippen LogP contribution in [0.15, 0.2) is 0 Å². The monoisotopic (exact) mass is 336 g/mol. The van der Waals surface area contributed by atoms with Crippen molar-refractivity contribution in [3.63, 3.8) is 0 Å². The lowest BCUT2D eigenvalue weighted by atomic mass is 9.91. The molecule has 0 spiro atoms. The second kappa shape index (κ2) is 7.03. The van der Waals surface area contributed by atoms with E-state index in [1.807, 2.05) is 0 Å². The van der Waals surface area contributed by atoms with E-state index in [-0.39, 0.29) is 32.5 Å². The summed E-state index contributed by atoms with van der Waals surface area (Å²) in [4.78, 5) is 13.7. The zero-order valence-corrected chi connectivity index (χ0v) is 11.9. The highest BCUT2D eigenvalue weighted by Gasteiger charge is 2.44. The van der Waals surface area contributed by atoms with Gasteiger partial charge in [0.2, 0.25) is 5.91 Å². The summed E-state index contributed by atoms with van der Waals surface area (Å²) in [5.74, 6) is -1.69. The summed E-state index contributed by atoms with van der Waals surface area (Å²) in [7, 11) is 1.02. The average Bonchev–Trinajstić information content (AvgIpc) is 2.35. The van der Waals surface area contributed by atoms with Crippen LogP contribution in [-0.4, -0.2) is 72.5 Å². The molecule has 1 N–H and O–H groups in total. The molecule has 0 aromatic rings. The topological polar surface area (TPSA) is 43.8 Å². The van der Waals surface area contributed by atoms with Gasteiger partial charge in [-0.05, 0) is 31.8 Å². The maximum absolute atomic E-state index is 12.4. The van der Waals surface area contributed by atoms with Gasteiger partial charge in [0.1, 0.15) is 6.54 Å². The Morgan fingerprint density at radius 3 is 2.14 bits per heavy atom. The first-order valence-corrected chi connectivity index (χ1v) is 6.68. The molecule has 0 saturated carbocycles. The Kier molecular flexibility index (Phi) is 6.08. The van der Waals surface area contributed by atoms with E-state index in [0.29, 0.717) is 4.90 Å². The van der Waals surface area contributed by atoms with Crippen LogP contribution < -0.4 is 0 Å². The van der Waals surface area contributed by atoms with E-state index >= 15 is 0 Å². The van der Waals surface area contributed by atoms with E-state index in [9.17, 15) is 31.1 Å². The summed E-state index contributed by atoms with van der Waals surface area (Å²) < 4.78 is 73.6. The van der Waals surface area contributed by atoms with Gasteiger partial charge in [0.25, 0.3) is 0 Å². The van der Waals surface area contributed by atoms with Crippen molar-refractivity contribution in [1.29, 1.82) is 0 Å². The van der Waals surface area contributed by atoms with Gasteiger partial charge in [-0.1, -0.05) is 0 Å². The van der Waals surface area contributed by atoms with Crippen LogP contribution in [0, 0.1) is 5.92 Å². The molecule has 1 amide bonds. The molecule has 1 rings (SSSR count). The maximum atomic E-state index is 12.4. The molecular formula is C12H18F6N2O2. The number of aliphatic hydroxyl groups excluding tert-OH is 1.